The number of benzene rings is 2. The van der Waals surface area contributed by atoms with Gasteiger partial charge < -0.3 is 0 Å². The highest BCUT2D eigenvalue weighted by Crippen LogP contribution is 2.30. The van der Waals surface area contributed by atoms with Crippen molar-refractivity contribution >= 4 is 0 Å². The molecule has 0 unspecified atom stereocenters. The first kappa shape index (κ1) is 11.4. The van der Waals surface area contributed by atoms with Crippen molar-refractivity contribution in [3.63, 3.8) is 0 Å². The van der Waals surface area contributed by atoms with Gasteiger partial charge in [-0.2, -0.15) is 0 Å². The van der Waals surface area contributed by atoms with Gasteiger partial charge >= 0.3 is 12.0 Å². The maximum atomic E-state index is 5.89. The van der Waals surface area contributed by atoms with Gasteiger partial charge in [0.15, 0.2) is 0 Å². The smallest absolute Gasteiger partial charge is 0.220 e. The average molecular weight is 259 g/mol. The Labute approximate surface area is 118 Å². The Morgan fingerprint density at radius 2 is 1.35 bits per heavy atom. The standard InChI is InChI=1S/C19H15O/c1-2-6-14(7-3-1)18-11-17-10-15-8-4-5-9-16(15)12-19(17)20-13-18/h1-9,11,13H,10,12H2/q+1. The predicted octanol–water partition coefficient (Wildman–Crippen LogP) is 4.72. The fourth-order valence-corrected chi connectivity index (χ4v) is 2.88. The second kappa shape index (κ2) is 4.61. The highest BCUT2D eigenvalue weighted by atomic mass is 16.3. The van der Waals surface area contributed by atoms with Crippen molar-refractivity contribution in [2.24, 2.45) is 0 Å². The first-order valence-corrected chi connectivity index (χ1v) is 6.96. The van der Waals surface area contributed by atoms with E-state index >= 15 is 0 Å². The third-order valence-electron chi connectivity index (χ3n) is 3.97. The molecule has 1 nitrogen and oxygen atoms in total. The summed E-state index contributed by atoms with van der Waals surface area (Å²) >= 11 is 0. The minimum Gasteiger partial charge on any atom is -0.220 e. The molecule has 96 valence electrons. The van der Waals surface area contributed by atoms with E-state index in [0.29, 0.717) is 0 Å². The van der Waals surface area contributed by atoms with Crippen LogP contribution < -0.4 is 0 Å². The second-order valence-corrected chi connectivity index (χ2v) is 5.27. The van der Waals surface area contributed by atoms with Crippen LogP contribution in [0, 0.1) is 0 Å². The number of hydrogen-bond acceptors (Lipinski definition) is 0. The van der Waals surface area contributed by atoms with E-state index in [0.717, 1.165) is 24.2 Å². The molecule has 1 aliphatic carbocycles. The summed E-state index contributed by atoms with van der Waals surface area (Å²) in [6.45, 7) is 0. The molecule has 0 bridgehead atoms. The van der Waals surface area contributed by atoms with Crippen molar-refractivity contribution in [1.29, 1.82) is 0 Å². The zero-order chi connectivity index (χ0) is 13.4. The van der Waals surface area contributed by atoms with Crippen LogP contribution in [-0.2, 0) is 12.8 Å². The van der Waals surface area contributed by atoms with Crippen molar-refractivity contribution in [1.82, 2.24) is 0 Å². The van der Waals surface area contributed by atoms with Gasteiger partial charge in [0.05, 0.1) is 17.5 Å². The molecule has 2 aromatic carbocycles. The first-order chi connectivity index (χ1) is 9.90. The molecular weight excluding hydrogens is 244 g/mol. The summed E-state index contributed by atoms with van der Waals surface area (Å²) in [5, 5.41) is 0. The molecule has 4 rings (SSSR count). The highest BCUT2D eigenvalue weighted by molar-refractivity contribution is 5.63. The molecule has 1 heteroatoms. The molecule has 0 saturated heterocycles. The molecule has 1 aromatic heterocycles. The third kappa shape index (κ3) is 1.92. The second-order valence-electron chi connectivity index (χ2n) is 5.27. The number of rotatable bonds is 1. The Bertz CT molecular complexity index is 760. The van der Waals surface area contributed by atoms with Crippen LogP contribution in [0.5, 0.6) is 0 Å². The Balaban J connectivity index is 1.77. The highest BCUT2D eigenvalue weighted by Gasteiger charge is 2.24. The lowest BCUT2D eigenvalue weighted by molar-refractivity contribution is 0.493. The van der Waals surface area contributed by atoms with Crippen LogP contribution in [0.25, 0.3) is 11.1 Å². The van der Waals surface area contributed by atoms with E-state index in [2.05, 4.69) is 54.6 Å². The molecule has 0 radical (unpaired) electrons. The van der Waals surface area contributed by atoms with Crippen molar-refractivity contribution in [2.75, 3.05) is 0 Å². The molecule has 0 saturated carbocycles. The average Bonchev–Trinajstić information content (AvgIpc) is 2.53. The van der Waals surface area contributed by atoms with Gasteiger partial charge in [-0.25, -0.2) is 4.42 Å². The Morgan fingerprint density at radius 1 is 0.650 bits per heavy atom. The molecule has 0 spiro atoms. The number of fused-ring (bicyclic) bond motifs is 2. The summed E-state index contributed by atoms with van der Waals surface area (Å²) < 4.78 is 5.89. The van der Waals surface area contributed by atoms with Gasteiger partial charge in [-0.15, -0.1) is 0 Å². The van der Waals surface area contributed by atoms with Gasteiger partial charge in [0.25, 0.3) is 0 Å². The van der Waals surface area contributed by atoms with Gasteiger partial charge in [-0.05, 0) is 22.8 Å². The Hall–Kier alpha value is -2.41. The maximum Gasteiger partial charge on any atom is 0.336 e. The molecule has 3 aromatic rings. The Kier molecular flexibility index (Phi) is 2.63. The fourth-order valence-electron chi connectivity index (χ4n) is 2.88. The minimum absolute atomic E-state index is 0.903. The molecule has 20 heavy (non-hydrogen) atoms. The lowest BCUT2D eigenvalue weighted by Crippen LogP contribution is -2.07. The topological polar surface area (TPSA) is 11.3 Å². The third-order valence-corrected chi connectivity index (χ3v) is 3.97. The zero-order valence-electron chi connectivity index (χ0n) is 11.2. The molecule has 0 amide bonds. The van der Waals surface area contributed by atoms with E-state index in [1.165, 1.54) is 22.3 Å². The van der Waals surface area contributed by atoms with Crippen molar-refractivity contribution < 1.29 is 4.42 Å². The Morgan fingerprint density at radius 3 is 2.15 bits per heavy atom. The number of hydrogen-bond donors (Lipinski definition) is 0. The van der Waals surface area contributed by atoms with E-state index in [9.17, 15) is 0 Å². The lowest BCUT2D eigenvalue weighted by atomic mass is 9.89. The molecule has 0 atom stereocenters. The van der Waals surface area contributed by atoms with Gasteiger partial charge in [0.1, 0.15) is 0 Å². The summed E-state index contributed by atoms with van der Waals surface area (Å²) in [5.74, 6) is 1.10. The molecule has 0 aliphatic heterocycles. The van der Waals surface area contributed by atoms with Crippen LogP contribution in [0.15, 0.2) is 71.3 Å². The van der Waals surface area contributed by atoms with Gasteiger partial charge in [-0.3, -0.25) is 0 Å². The van der Waals surface area contributed by atoms with E-state index in [1.807, 2.05) is 12.3 Å². The summed E-state index contributed by atoms with van der Waals surface area (Å²) in [6, 6.07) is 21.3. The van der Waals surface area contributed by atoms with Gasteiger partial charge in [0.2, 0.25) is 0 Å². The van der Waals surface area contributed by atoms with Crippen LogP contribution in [-0.4, -0.2) is 0 Å². The van der Waals surface area contributed by atoms with Crippen LogP contribution in [0.1, 0.15) is 22.5 Å². The summed E-state index contributed by atoms with van der Waals surface area (Å²) in [7, 11) is 0. The zero-order valence-corrected chi connectivity index (χ0v) is 11.2. The van der Waals surface area contributed by atoms with E-state index in [-0.39, 0.29) is 0 Å². The largest absolute Gasteiger partial charge is 0.336 e. The normalized spacial score (nSPS) is 12.6. The monoisotopic (exact) mass is 259 g/mol. The van der Waals surface area contributed by atoms with Crippen LogP contribution >= 0.6 is 0 Å². The van der Waals surface area contributed by atoms with Crippen LogP contribution in [0.2, 0.25) is 0 Å². The molecule has 0 fully saturated rings. The summed E-state index contributed by atoms with van der Waals surface area (Å²) in [5.41, 5.74) is 6.48. The van der Waals surface area contributed by atoms with Crippen LogP contribution in [0.4, 0.5) is 0 Å². The quantitative estimate of drug-likeness (QED) is 0.450. The van der Waals surface area contributed by atoms with Crippen molar-refractivity contribution in [3.05, 3.63) is 89.4 Å². The SMILES string of the molecule is c1ccc(-c2c[o+]c3c(c2)Cc2ccccc2C3)cc1. The molecule has 1 heterocycles. The van der Waals surface area contributed by atoms with E-state index in [1.54, 1.807) is 0 Å². The lowest BCUT2D eigenvalue weighted by Gasteiger charge is -2.13. The minimum atomic E-state index is 0.903. The van der Waals surface area contributed by atoms with Crippen molar-refractivity contribution in [3.8, 4) is 11.1 Å². The fraction of sp³-hybridized carbons (Fsp3) is 0.105. The molecular formula is C19H15O+. The van der Waals surface area contributed by atoms with Gasteiger partial charge in [0, 0.05) is 6.42 Å². The first-order valence-electron chi connectivity index (χ1n) is 6.96. The maximum absolute atomic E-state index is 5.89. The summed E-state index contributed by atoms with van der Waals surface area (Å²) in [4.78, 5) is 0. The molecule has 1 aliphatic rings. The van der Waals surface area contributed by atoms with Crippen LogP contribution in [0.3, 0.4) is 0 Å². The van der Waals surface area contributed by atoms with E-state index in [4.69, 9.17) is 4.42 Å². The van der Waals surface area contributed by atoms with E-state index < -0.39 is 0 Å². The molecule has 0 N–H and O–H groups in total. The summed E-state index contributed by atoms with van der Waals surface area (Å²) in [6.07, 6.45) is 3.75. The van der Waals surface area contributed by atoms with Gasteiger partial charge in [-0.1, -0.05) is 54.6 Å². The van der Waals surface area contributed by atoms with Crippen molar-refractivity contribution in [2.45, 2.75) is 12.8 Å². The predicted molar refractivity (Wildman–Crippen MR) is 80.6 cm³/mol.